The molecule has 1 aromatic heterocycles. The Morgan fingerprint density at radius 2 is 2.42 bits per heavy atom. The van der Waals surface area contributed by atoms with Crippen LogP contribution >= 0.6 is 0 Å². The van der Waals surface area contributed by atoms with Crippen molar-refractivity contribution >= 4 is 11.5 Å². The molecule has 7 heteroatoms. The van der Waals surface area contributed by atoms with E-state index in [0.29, 0.717) is 5.82 Å². The van der Waals surface area contributed by atoms with Crippen LogP contribution in [0.2, 0.25) is 0 Å². The van der Waals surface area contributed by atoms with Gasteiger partial charge in [0.2, 0.25) is 5.82 Å². The molecule has 2 N–H and O–H groups in total. The average molecular weight is 265 g/mol. The fourth-order valence-electron chi connectivity index (χ4n) is 3.17. The zero-order valence-corrected chi connectivity index (χ0v) is 11.1. The highest BCUT2D eigenvalue weighted by Gasteiger charge is 2.41. The maximum atomic E-state index is 11.0. The van der Waals surface area contributed by atoms with Crippen molar-refractivity contribution in [1.29, 1.82) is 0 Å². The van der Waals surface area contributed by atoms with Crippen molar-refractivity contribution in [2.45, 2.75) is 43.7 Å². The topological polar surface area (TPSA) is 85.0 Å². The van der Waals surface area contributed by atoms with E-state index < -0.39 is 0 Å². The fraction of sp³-hybridized carbons (Fsp3) is 0.750. The number of aryl methyl sites for hydroxylation is 1. The summed E-state index contributed by atoms with van der Waals surface area (Å²) >= 11 is 0. The molecule has 1 aromatic rings. The molecule has 1 spiro atoms. The lowest BCUT2D eigenvalue weighted by Crippen LogP contribution is -2.58. The molecule has 2 aliphatic rings. The Morgan fingerprint density at radius 1 is 1.63 bits per heavy atom. The van der Waals surface area contributed by atoms with E-state index in [-0.39, 0.29) is 22.2 Å². The van der Waals surface area contributed by atoms with E-state index in [1.54, 1.807) is 7.05 Å². The van der Waals surface area contributed by atoms with E-state index in [4.69, 9.17) is 0 Å². The van der Waals surface area contributed by atoms with Crippen LogP contribution in [0.4, 0.5) is 11.5 Å². The van der Waals surface area contributed by atoms with Gasteiger partial charge < -0.3 is 10.6 Å². The first-order valence-electron chi connectivity index (χ1n) is 6.78. The number of nitro groups is 1. The molecule has 1 unspecified atom stereocenters. The minimum Gasteiger partial charge on any atom is -0.360 e. The van der Waals surface area contributed by atoms with Crippen molar-refractivity contribution in [1.82, 2.24) is 15.1 Å². The predicted octanol–water partition coefficient (Wildman–Crippen LogP) is 1.41. The van der Waals surface area contributed by atoms with Crippen LogP contribution in [0.15, 0.2) is 6.20 Å². The van der Waals surface area contributed by atoms with Crippen molar-refractivity contribution in [3.05, 3.63) is 16.3 Å². The number of aromatic nitrogens is 2. The van der Waals surface area contributed by atoms with Crippen LogP contribution in [0.25, 0.3) is 0 Å². The monoisotopic (exact) mass is 265 g/mol. The van der Waals surface area contributed by atoms with Crippen molar-refractivity contribution in [3.63, 3.8) is 0 Å². The molecule has 3 rings (SSSR count). The summed E-state index contributed by atoms with van der Waals surface area (Å²) in [5, 5.41) is 22.0. The summed E-state index contributed by atoms with van der Waals surface area (Å²) in [6, 6.07) is 0.273. The Kier molecular flexibility index (Phi) is 2.93. The summed E-state index contributed by atoms with van der Waals surface area (Å²) in [4.78, 5) is 10.6. The Bertz CT molecular complexity index is 494. The molecule has 0 aromatic carbocycles. The molecule has 1 saturated heterocycles. The predicted molar refractivity (Wildman–Crippen MR) is 71.1 cm³/mol. The van der Waals surface area contributed by atoms with Gasteiger partial charge in [0.1, 0.15) is 6.20 Å². The van der Waals surface area contributed by atoms with E-state index >= 15 is 0 Å². The van der Waals surface area contributed by atoms with E-state index in [1.807, 2.05) is 0 Å². The molecular formula is C12H19N5O2. The van der Waals surface area contributed by atoms with Gasteiger partial charge in [0.15, 0.2) is 0 Å². The lowest BCUT2D eigenvalue weighted by Gasteiger charge is -2.48. The summed E-state index contributed by atoms with van der Waals surface area (Å²) in [6.07, 6.45) is 7.17. The lowest BCUT2D eigenvalue weighted by atomic mass is 9.70. The van der Waals surface area contributed by atoms with E-state index in [9.17, 15) is 10.1 Å². The Labute approximate surface area is 111 Å². The maximum absolute atomic E-state index is 11.0. The molecule has 7 nitrogen and oxygen atoms in total. The molecule has 2 fully saturated rings. The summed E-state index contributed by atoms with van der Waals surface area (Å²) in [7, 11) is 1.70. The quantitative estimate of drug-likeness (QED) is 0.637. The van der Waals surface area contributed by atoms with Crippen LogP contribution in [-0.2, 0) is 7.05 Å². The molecule has 1 aliphatic carbocycles. The van der Waals surface area contributed by atoms with Gasteiger partial charge in [-0.25, -0.2) is 0 Å². The van der Waals surface area contributed by atoms with Gasteiger partial charge in [-0.15, -0.1) is 5.10 Å². The third-order valence-electron chi connectivity index (χ3n) is 4.29. The number of rotatable bonds is 3. The van der Waals surface area contributed by atoms with Gasteiger partial charge in [0.05, 0.1) is 4.92 Å². The highest BCUT2D eigenvalue weighted by atomic mass is 16.6. The summed E-state index contributed by atoms with van der Waals surface area (Å²) in [5.41, 5.74) is 0.336. The molecule has 1 saturated carbocycles. The van der Waals surface area contributed by atoms with E-state index in [2.05, 4.69) is 15.7 Å². The third-order valence-corrected chi connectivity index (χ3v) is 4.29. The van der Waals surface area contributed by atoms with Crippen molar-refractivity contribution in [2.75, 3.05) is 11.9 Å². The van der Waals surface area contributed by atoms with Gasteiger partial charge in [-0.2, -0.15) is 0 Å². The summed E-state index contributed by atoms with van der Waals surface area (Å²) in [5.74, 6) is 0.397. The van der Waals surface area contributed by atoms with Crippen LogP contribution in [0.5, 0.6) is 0 Å². The second-order valence-corrected chi connectivity index (χ2v) is 5.69. The molecule has 1 atom stereocenters. The zero-order chi connectivity index (χ0) is 13.5. The largest absolute Gasteiger partial charge is 0.360 e. The normalized spacial score (nSPS) is 25.0. The molecular weight excluding hydrogens is 246 g/mol. The summed E-state index contributed by atoms with van der Waals surface area (Å²) in [6.45, 7) is 0.971. The van der Waals surface area contributed by atoms with Crippen LogP contribution in [0, 0.1) is 10.1 Å². The second kappa shape index (κ2) is 4.48. The number of nitrogens with one attached hydrogen (secondary N) is 2. The van der Waals surface area contributed by atoms with E-state index in [0.717, 1.165) is 19.4 Å². The SMILES string of the molecule is Cn1cc([N+](=O)[O-])c(NC2CCNC3(CCC3)C2)n1. The molecule has 0 amide bonds. The molecule has 2 heterocycles. The highest BCUT2D eigenvalue weighted by molar-refractivity contribution is 5.55. The van der Waals surface area contributed by atoms with Gasteiger partial charge in [-0.1, -0.05) is 0 Å². The number of anilines is 1. The van der Waals surface area contributed by atoms with Crippen molar-refractivity contribution in [3.8, 4) is 0 Å². The van der Waals surface area contributed by atoms with Gasteiger partial charge >= 0.3 is 5.69 Å². The van der Waals surface area contributed by atoms with Gasteiger partial charge in [-0.3, -0.25) is 14.8 Å². The van der Waals surface area contributed by atoms with Gasteiger partial charge in [0, 0.05) is 18.6 Å². The first-order chi connectivity index (χ1) is 9.08. The standard InChI is InChI=1S/C12H19N5O2/c1-16-8-10(17(18)19)11(15-16)14-9-3-6-13-12(7-9)4-2-5-12/h8-9,13H,2-7H2,1H3,(H,14,15). The first kappa shape index (κ1) is 12.4. The number of hydrogen-bond donors (Lipinski definition) is 2. The highest BCUT2D eigenvalue weighted by Crippen LogP contribution is 2.39. The Morgan fingerprint density at radius 3 is 3.05 bits per heavy atom. The molecule has 19 heavy (non-hydrogen) atoms. The average Bonchev–Trinajstić information content (AvgIpc) is 2.69. The number of nitrogens with zero attached hydrogens (tertiary/aromatic N) is 3. The number of hydrogen-bond acceptors (Lipinski definition) is 5. The minimum atomic E-state index is -0.379. The molecule has 104 valence electrons. The lowest BCUT2D eigenvalue weighted by molar-refractivity contribution is -0.384. The smallest absolute Gasteiger partial charge is 0.330 e. The van der Waals surface area contributed by atoms with Crippen LogP contribution < -0.4 is 10.6 Å². The van der Waals surface area contributed by atoms with Crippen molar-refractivity contribution in [2.24, 2.45) is 7.05 Å². The minimum absolute atomic E-state index is 0.0590. The van der Waals surface area contributed by atoms with Crippen LogP contribution in [0.1, 0.15) is 32.1 Å². The Hall–Kier alpha value is -1.63. The van der Waals surface area contributed by atoms with Crippen LogP contribution in [-0.4, -0.2) is 32.8 Å². The second-order valence-electron chi connectivity index (χ2n) is 5.69. The third kappa shape index (κ3) is 2.30. The zero-order valence-electron chi connectivity index (χ0n) is 11.1. The Balaban J connectivity index is 1.72. The van der Waals surface area contributed by atoms with Crippen LogP contribution in [0.3, 0.4) is 0 Å². The number of piperidine rings is 1. The summed E-state index contributed by atoms with van der Waals surface area (Å²) < 4.78 is 1.49. The maximum Gasteiger partial charge on any atom is 0.330 e. The fourth-order valence-corrected chi connectivity index (χ4v) is 3.17. The van der Waals surface area contributed by atoms with Crippen molar-refractivity contribution < 1.29 is 4.92 Å². The van der Waals surface area contributed by atoms with Gasteiger partial charge in [-0.05, 0) is 38.6 Å². The first-order valence-corrected chi connectivity index (χ1v) is 6.78. The molecule has 0 radical (unpaired) electrons. The van der Waals surface area contributed by atoms with Gasteiger partial charge in [0.25, 0.3) is 0 Å². The molecule has 1 aliphatic heterocycles. The molecule has 0 bridgehead atoms. The van der Waals surface area contributed by atoms with E-state index in [1.165, 1.54) is 30.1 Å².